The van der Waals surface area contributed by atoms with Gasteiger partial charge in [-0.05, 0) is 30.9 Å². The van der Waals surface area contributed by atoms with Gasteiger partial charge >= 0.3 is 5.69 Å². The highest BCUT2D eigenvalue weighted by Gasteiger charge is 2.23. The molecule has 90 valence electrons. The molecule has 1 aliphatic carbocycles. The van der Waals surface area contributed by atoms with Crippen LogP contribution in [0, 0.1) is 10.1 Å². The molecule has 0 atom stereocenters. The Kier molecular flexibility index (Phi) is 3.03. The average molecular weight is 235 g/mol. The Bertz CT molecular complexity index is 502. The number of allylic oxidation sites excluding steroid dienone is 2. The summed E-state index contributed by atoms with van der Waals surface area (Å²) in [5, 5.41) is 14.8. The van der Waals surface area contributed by atoms with Crippen LogP contribution in [0.1, 0.15) is 31.4 Å². The first-order chi connectivity index (χ1) is 8.09. The first-order valence-electron chi connectivity index (χ1n) is 5.50. The molecule has 6 heteroatoms. The Morgan fingerprint density at radius 3 is 2.82 bits per heavy atom. The van der Waals surface area contributed by atoms with Crippen LogP contribution in [0.15, 0.2) is 12.3 Å². The molecule has 0 N–H and O–H groups in total. The zero-order valence-corrected chi connectivity index (χ0v) is 9.55. The monoisotopic (exact) mass is 235 g/mol. The number of ketones is 1. The summed E-state index contributed by atoms with van der Waals surface area (Å²) in [4.78, 5) is 21.9. The number of hydrogen-bond acceptors (Lipinski definition) is 4. The number of aryl methyl sites for hydroxylation is 1. The molecule has 0 saturated heterocycles. The maximum atomic E-state index is 11.5. The molecular formula is C11H13N3O3. The lowest BCUT2D eigenvalue weighted by molar-refractivity contribution is -0.385. The third-order valence-corrected chi connectivity index (χ3v) is 2.87. The summed E-state index contributed by atoms with van der Waals surface area (Å²) in [5.41, 5.74) is 1.14. The lowest BCUT2D eigenvalue weighted by atomic mass is 10.1. The third-order valence-electron chi connectivity index (χ3n) is 2.87. The fraction of sp³-hybridized carbons (Fsp3) is 0.455. The van der Waals surface area contributed by atoms with Crippen LogP contribution in [0.25, 0.3) is 5.57 Å². The van der Waals surface area contributed by atoms with Crippen molar-refractivity contribution in [2.45, 2.75) is 25.7 Å². The third kappa shape index (κ3) is 2.25. The predicted molar refractivity (Wildman–Crippen MR) is 61.3 cm³/mol. The second kappa shape index (κ2) is 4.48. The highest BCUT2D eigenvalue weighted by molar-refractivity contribution is 5.97. The van der Waals surface area contributed by atoms with Crippen LogP contribution >= 0.6 is 0 Å². The Labute approximate surface area is 98.1 Å². The van der Waals surface area contributed by atoms with Crippen molar-refractivity contribution in [3.05, 3.63) is 28.1 Å². The van der Waals surface area contributed by atoms with Gasteiger partial charge in [-0.25, -0.2) is 0 Å². The normalized spacial score (nSPS) is 16.5. The van der Waals surface area contributed by atoms with Gasteiger partial charge < -0.3 is 0 Å². The fourth-order valence-electron chi connectivity index (χ4n) is 2.07. The van der Waals surface area contributed by atoms with E-state index in [2.05, 4.69) is 5.10 Å². The molecule has 1 aliphatic rings. The van der Waals surface area contributed by atoms with E-state index in [1.165, 1.54) is 17.0 Å². The topological polar surface area (TPSA) is 78.0 Å². The Hall–Kier alpha value is -1.98. The van der Waals surface area contributed by atoms with E-state index in [4.69, 9.17) is 0 Å². The van der Waals surface area contributed by atoms with Gasteiger partial charge in [0.05, 0.1) is 4.92 Å². The largest absolute Gasteiger partial charge is 0.314 e. The molecule has 0 fully saturated rings. The average Bonchev–Trinajstić information content (AvgIpc) is 2.52. The van der Waals surface area contributed by atoms with Gasteiger partial charge in [0.25, 0.3) is 0 Å². The van der Waals surface area contributed by atoms with Crippen LogP contribution in [-0.2, 0) is 11.8 Å². The number of nitro groups is 1. The second-order valence-corrected chi connectivity index (χ2v) is 4.10. The Balaban J connectivity index is 2.48. The van der Waals surface area contributed by atoms with Crippen molar-refractivity contribution in [1.29, 1.82) is 0 Å². The molecule has 1 heterocycles. The molecule has 0 unspecified atom stereocenters. The Morgan fingerprint density at radius 1 is 1.41 bits per heavy atom. The van der Waals surface area contributed by atoms with E-state index < -0.39 is 4.92 Å². The molecule has 0 spiro atoms. The van der Waals surface area contributed by atoms with Crippen LogP contribution in [0.5, 0.6) is 0 Å². The number of nitrogens with zero attached hydrogens (tertiary/aromatic N) is 3. The van der Waals surface area contributed by atoms with E-state index >= 15 is 0 Å². The quantitative estimate of drug-likeness (QED) is 0.579. The molecule has 0 saturated carbocycles. The molecule has 6 nitrogen and oxygen atoms in total. The number of carbonyl (C=O) groups excluding carboxylic acids is 1. The van der Waals surface area contributed by atoms with Gasteiger partial charge in [0.2, 0.25) is 0 Å². The molecule has 17 heavy (non-hydrogen) atoms. The van der Waals surface area contributed by atoms with Gasteiger partial charge in [0.1, 0.15) is 11.9 Å². The molecule has 1 aromatic heterocycles. The van der Waals surface area contributed by atoms with E-state index in [0.29, 0.717) is 18.5 Å². The molecule has 0 amide bonds. The SMILES string of the molecule is Cn1ncc([N+](=O)[O-])c1C1=CC(=O)CCCC1. The maximum Gasteiger partial charge on any atom is 0.314 e. The highest BCUT2D eigenvalue weighted by atomic mass is 16.6. The molecule has 2 rings (SSSR count). The van der Waals surface area contributed by atoms with Gasteiger partial charge in [0.15, 0.2) is 5.78 Å². The van der Waals surface area contributed by atoms with Crippen LogP contribution in [0.3, 0.4) is 0 Å². The van der Waals surface area contributed by atoms with Gasteiger partial charge in [-0.2, -0.15) is 5.10 Å². The lowest BCUT2D eigenvalue weighted by Gasteiger charge is -2.04. The standard InChI is InChI=1S/C11H13N3O3/c1-13-11(10(7-12-13)14(16)17)8-4-2-3-5-9(15)6-8/h6-7H,2-5H2,1H3. The lowest BCUT2D eigenvalue weighted by Crippen LogP contribution is -2.01. The van der Waals surface area contributed by atoms with Crippen molar-refractivity contribution in [3.63, 3.8) is 0 Å². The van der Waals surface area contributed by atoms with Crippen molar-refractivity contribution >= 4 is 17.0 Å². The predicted octanol–water partition coefficient (Wildman–Crippen LogP) is 1.85. The number of rotatable bonds is 2. The zero-order valence-electron chi connectivity index (χ0n) is 9.55. The van der Waals surface area contributed by atoms with E-state index in [1.807, 2.05) is 0 Å². The van der Waals surface area contributed by atoms with Crippen molar-refractivity contribution < 1.29 is 9.72 Å². The summed E-state index contributed by atoms with van der Waals surface area (Å²) in [5.74, 6) is 0.0352. The minimum absolute atomic E-state index is 0.0338. The van der Waals surface area contributed by atoms with Crippen molar-refractivity contribution in [2.75, 3.05) is 0 Å². The van der Waals surface area contributed by atoms with Crippen LogP contribution in [-0.4, -0.2) is 20.5 Å². The van der Waals surface area contributed by atoms with Crippen molar-refractivity contribution in [1.82, 2.24) is 9.78 Å². The smallest absolute Gasteiger partial charge is 0.295 e. The molecular weight excluding hydrogens is 222 g/mol. The zero-order chi connectivity index (χ0) is 12.4. The molecule has 0 bridgehead atoms. The summed E-state index contributed by atoms with van der Waals surface area (Å²) >= 11 is 0. The first kappa shape index (κ1) is 11.5. The van der Waals surface area contributed by atoms with E-state index in [-0.39, 0.29) is 11.5 Å². The van der Waals surface area contributed by atoms with Crippen molar-refractivity contribution in [2.24, 2.45) is 7.05 Å². The molecule has 0 aromatic carbocycles. The number of carbonyl (C=O) groups is 1. The van der Waals surface area contributed by atoms with E-state index in [0.717, 1.165) is 18.4 Å². The summed E-state index contributed by atoms with van der Waals surface area (Å²) in [6, 6.07) is 0. The first-order valence-corrected chi connectivity index (χ1v) is 5.50. The summed E-state index contributed by atoms with van der Waals surface area (Å²) in [6.07, 6.45) is 5.67. The molecule has 0 aliphatic heterocycles. The minimum Gasteiger partial charge on any atom is -0.295 e. The maximum absolute atomic E-state index is 11.5. The Morgan fingerprint density at radius 2 is 2.12 bits per heavy atom. The summed E-state index contributed by atoms with van der Waals surface area (Å²) < 4.78 is 1.46. The summed E-state index contributed by atoms with van der Waals surface area (Å²) in [7, 11) is 1.65. The van der Waals surface area contributed by atoms with Crippen LogP contribution in [0.4, 0.5) is 5.69 Å². The van der Waals surface area contributed by atoms with Crippen LogP contribution in [0.2, 0.25) is 0 Å². The van der Waals surface area contributed by atoms with Gasteiger partial charge in [0, 0.05) is 13.5 Å². The van der Waals surface area contributed by atoms with Crippen molar-refractivity contribution in [3.8, 4) is 0 Å². The minimum atomic E-state index is -0.460. The fourth-order valence-corrected chi connectivity index (χ4v) is 2.07. The van der Waals surface area contributed by atoms with Gasteiger partial charge in [-0.15, -0.1) is 0 Å². The van der Waals surface area contributed by atoms with Gasteiger partial charge in [-0.1, -0.05) is 0 Å². The van der Waals surface area contributed by atoms with Crippen LogP contribution < -0.4 is 0 Å². The molecule has 0 radical (unpaired) electrons. The second-order valence-electron chi connectivity index (χ2n) is 4.10. The molecule has 1 aromatic rings. The van der Waals surface area contributed by atoms with E-state index in [9.17, 15) is 14.9 Å². The summed E-state index contributed by atoms with van der Waals surface area (Å²) in [6.45, 7) is 0. The van der Waals surface area contributed by atoms with Gasteiger partial charge in [-0.3, -0.25) is 19.6 Å². The number of hydrogen-bond donors (Lipinski definition) is 0. The number of aromatic nitrogens is 2. The highest BCUT2D eigenvalue weighted by Crippen LogP contribution is 2.30. The van der Waals surface area contributed by atoms with E-state index in [1.54, 1.807) is 7.05 Å².